The van der Waals surface area contributed by atoms with Crippen molar-refractivity contribution in [3.8, 4) is 11.5 Å². The maximum Gasteiger partial charge on any atom is 0.170 e. The minimum atomic E-state index is -0.0410. The number of aromatic nitrogens is 2. The minimum absolute atomic E-state index is 0.0410. The van der Waals surface area contributed by atoms with Gasteiger partial charge in [0.15, 0.2) is 5.78 Å². The van der Waals surface area contributed by atoms with Crippen molar-refractivity contribution < 1.29 is 14.3 Å². The summed E-state index contributed by atoms with van der Waals surface area (Å²) in [4.78, 5) is 20.3. The van der Waals surface area contributed by atoms with Gasteiger partial charge in [0.1, 0.15) is 17.3 Å². The lowest BCUT2D eigenvalue weighted by Gasteiger charge is -2.31. The Bertz CT molecular complexity index is 1030. The second-order valence-electron chi connectivity index (χ2n) is 7.58. The normalized spacial score (nSPS) is 17.4. The lowest BCUT2D eigenvalue weighted by atomic mass is 9.89. The molecule has 1 aliphatic heterocycles. The van der Waals surface area contributed by atoms with Crippen LogP contribution < -0.4 is 9.47 Å². The van der Waals surface area contributed by atoms with Crippen molar-refractivity contribution in [2.75, 3.05) is 27.3 Å². The largest absolute Gasteiger partial charge is 0.497 e. The number of carbonyl (C=O) groups excluding carboxylic acids is 1. The third-order valence-electron chi connectivity index (χ3n) is 5.80. The summed E-state index contributed by atoms with van der Waals surface area (Å²) in [5.41, 5.74) is 2.77. The standard InChI is InChI=1S/C23H27N3O3/c1-25-20-9-5-4-8-19(20)24-22(25)15-26-12-6-7-16(14-26)23(27)18-11-10-17(28-2)13-21(18)29-3/h4-5,8-11,13,16H,6-7,12,14-15H2,1-3H3. The Balaban J connectivity index is 1.51. The molecule has 2 heterocycles. The molecule has 0 bridgehead atoms. The number of fused-ring (bicyclic) bond motifs is 1. The van der Waals surface area contributed by atoms with E-state index in [1.807, 2.05) is 30.3 Å². The van der Waals surface area contributed by atoms with Crippen molar-refractivity contribution in [2.24, 2.45) is 13.0 Å². The molecule has 1 fully saturated rings. The van der Waals surface area contributed by atoms with Crippen molar-refractivity contribution in [3.05, 3.63) is 53.9 Å². The Morgan fingerprint density at radius 3 is 2.76 bits per heavy atom. The molecule has 6 nitrogen and oxygen atoms in total. The first-order valence-corrected chi connectivity index (χ1v) is 9.99. The second-order valence-corrected chi connectivity index (χ2v) is 7.58. The fourth-order valence-corrected chi connectivity index (χ4v) is 4.17. The van der Waals surface area contributed by atoms with Crippen molar-refractivity contribution in [1.82, 2.24) is 14.5 Å². The van der Waals surface area contributed by atoms with Gasteiger partial charge in [0.25, 0.3) is 0 Å². The van der Waals surface area contributed by atoms with Gasteiger partial charge in [0.2, 0.25) is 0 Å². The molecule has 0 spiro atoms. The van der Waals surface area contributed by atoms with E-state index in [1.165, 1.54) is 0 Å². The first-order chi connectivity index (χ1) is 14.1. The second kappa shape index (κ2) is 8.25. The van der Waals surface area contributed by atoms with Gasteiger partial charge in [-0.3, -0.25) is 9.69 Å². The number of imidazole rings is 1. The van der Waals surface area contributed by atoms with Crippen LogP contribution in [0.4, 0.5) is 0 Å². The van der Waals surface area contributed by atoms with Crippen LogP contribution in [0.25, 0.3) is 11.0 Å². The monoisotopic (exact) mass is 393 g/mol. The molecule has 1 saturated heterocycles. The number of nitrogens with zero attached hydrogens (tertiary/aromatic N) is 3. The van der Waals surface area contributed by atoms with Crippen LogP contribution in [0.5, 0.6) is 11.5 Å². The van der Waals surface area contributed by atoms with Crippen LogP contribution in [-0.2, 0) is 13.6 Å². The topological polar surface area (TPSA) is 56.6 Å². The summed E-state index contributed by atoms with van der Waals surface area (Å²) < 4.78 is 12.8. The van der Waals surface area contributed by atoms with Gasteiger partial charge in [-0.2, -0.15) is 0 Å². The van der Waals surface area contributed by atoms with Gasteiger partial charge >= 0.3 is 0 Å². The van der Waals surface area contributed by atoms with Gasteiger partial charge in [-0.1, -0.05) is 12.1 Å². The minimum Gasteiger partial charge on any atom is -0.497 e. The Morgan fingerprint density at radius 1 is 1.17 bits per heavy atom. The summed E-state index contributed by atoms with van der Waals surface area (Å²) in [5, 5.41) is 0. The molecular weight excluding hydrogens is 366 g/mol. The molecule has 152 valence electrons. The van der Waals surface area contributed by atoms with E-state index in [0.717, 1.165) is 49.3 Å². The molecule has 4 rings (SSSR count). The molecule has 6 heteroatoms. The number of methoxy groups -OCH3 is 2. The van der Waals surface area contributed by atoms with E-state index in [2.05, 4.69) is 22.6 Å². The third kappa shape index (κ3) is 3.85. The molecule has 0 radical (unpaired) electrons. The molecule has 29 heavy (non-hydrogen) atoms. The zero-order valence-corrected chi connectivity index (χ0v) is 17.2. The van der Waals surface area contributed by atoms with Gasteiger partial charge < -0.3 is 14.0 Å². The molecule has 0 aliphatic carbocycles. The number of aryl methyl sites for hydroxylation is 1. The molecule has 3 aromatic rings. The van der Waals surface area contributed by atoms with E-state index in [0.29, 0.717) is 17.1 Å². The highest BCUT2D eigenvalue weighted by atomic mass is 16.5. The van der Waals surface area contributed by atoms with E-state index in [9.17, 15) is 4.79 Å². The van der Waals surface area contributed by atoms with Gasteiger partial charge in [0.05, 0.1) is 37.4 Å². The molecule has 0 N–H and O–H groups in total. The number of benzene rings is 2. The summed E-state index contributed by atoms with van der Waals surface area (Å²) >= 11 is 0. The van der Waals surface area contributed by atoms with E-state index >= 15 is 0 Å². The maximum absolute atomic E-state index is 13.2. The Kier molecular flexibility index (Phi) is 5.53. The van der Waals surface area contributed by atoms with Crippen molar-refractivity contribution >= 4 is 16.8 Å². The van der Waals surface area contributed by atoms with E-state index < -0.39 is 0 Å². The maximum atomic E-state index is 13.2. The summed E-state index contributed by atoms with van der Waals surface area (Å²) in [6.07, 6.45) is 1.89. The quantitative estimate of drug-likeness (QED) is 0.598. The number of para-hydroxylation sites is 2. The lowest BCUT2D eigenvalue weighted by molar-refractivity contribution is 0.0804. The van der Waals surface area contributed by atoms with Gasteiger partial charge in [0, 0.05) is 25.6 Å². The van der Waals surface area contributed by atoms with Gasteiger partial charge in [-0.05, 0) is 43.7 Å². The van der Waals surface area contributed by atoms with Crippen LogP contribution in [0.3, 0.4) is 0 Å². The molecule has 0 saturated carbocycles. The van der Waals surface area contributed by atoms with E-state index in [1.54, 1.807) is 20.3 Å². The zero-order valence-electron chi connectivity index (χ0n) is 17.2. The lowest BCUT2D eigenvalue weighted by Crippen LogP contribution is -2.38. The van der Waals surface area contributed by atoms with Crippen LogP contribution in [0.1, 0.15) is 29.0 Å². The first-order valence-electron chi connectivity index (χ1n) is 9.99. The fraction of sp³-hybridized carbons (Fsp3) is 0.391. The fourth-order valence-electron chi connectivity index (χ4n) is 4.17. The SMILES string of the molecule is COc1ccc(C(=O)C2CCCN(Cc3nc4ccccc4n3C)C2)c(OC)c1. The summed E-state index contributed by atoms with van der Waals surface area (Å²) in [6, 6.07) is 13.6. The van der Waals surface area contributed by atoms with Crippen LogP contribution in [0.2, 0.25) is 0 Å². The van der Waals surface area contributed by atoms with E-state index in [-0.39, 0.29) is 11.7 Å². The number of Topliss-reactive ketones (excluding diaryl/α,β-unsaturated/α-hetero) is 1. The van der Waals surface area contributed by atoms with Crippen molar-refractivity contribution in [1.29, 1.82) is 0 Å². The van der Waals surface area contributed by atoms with E-state index in [4.69, 9.17) is 14.5 Å². The Morgan fingerprint density at radius 2 is 2.00 bits per heavy atom. The molecule has 0 amide bonds. The van der Waals surface area contributed by atoms with Crippen molar-refractivity contribution in [2.45, 2.75) is 19.4 Å². The number of hydrogen-bond acceptors (Lipinski definition) is 5. The predicted octanol–water partition coefficient (Wildman–Crippen LogP) is 3.69. The predicted molar refractivity (Wildman–Crippen MR) is 113 cm³/mol. The smallest absolute Gasteiger partial charge is 0.170 e. The number of carbonyl (C=O) groups is 1. The number of ketones is 1. The number of likely N-dealkylation sites (tertiary alicyclic amines) is 1. The summed E-state index contributed by atoms with van der Waals surface area (Å²) in [7, 11) is 5.25. The van der Waals surface area contributed by atoms with Crippen LogP contribution in [-0.4, -0.2) is 47.5 Å². The van der Waals surface area contributed by atoms with Crippen LogP contribution >= 0.6 is 0 Å². The molecular formula is C23H27N3O3. The molecule has 1 aliphatic rings. The molecule has 1 aromatic heterocycles. The summed E-state index contributed by atoms with van der Waals surface area (Å²) in [5.74, 6) is 2.38. The van der Waals surface area contributed by atoms with Gasteiger partial charge in [-0.15, -0.1) is 0 Å². The first kappa shape index (κ1) is 19.5. The number of hydrogen-bond donors (Lipinski definition) is 0. The Labute approximate surface area is 171 Å². The van der Waals surface area contributed by atoms with Crippen LogP contribution in [0.15, 0.2) is 42.5 Å². The number of ether oxygens (including phenoxy) is 2. The van der Waals surface area contributed by atoms with Crippen LogP contribution in [0, 0.1) is 5.92 Å². The molecule has 1 unspecified atom stereocenters. The highest BCUT2D eigenvalue weighted by Crippen LogP contribution is 2.30. The highest BCUT2D eigenvalue weighted by molar-refractivity contribution is 6.00. The number of piperidine rings is 1. The average molecular weight is 393 g/mol. The zero-order chi connectivity index (χ0) is 20.4. The van der Waals surface area contributed by atoms with Gasteiger partial charge in [-0.25, -0.2) is 4.98 Å². The Hall–Kier alpha value is -2.86. The number of rotatable bonds is 6. The van der Waals surface area contributed by atoms with Crippen molar-refractivity contribution in [3.63, 3.8) is 0 Å². The average Bonchev–Trinajstić information content (AvgIpc) is 3.08. The molecule has 1 atom stereocenters. The molecule has 2 aromatic carbocycles. The third-order valence-corrected chi connectivity index (χ3v) is 5.80. The highest BCUT2D eigenvalue weighted by Gasteiger charge is 2.29. The summed E-state index contributed by atoms with van der Waals surface area (Å²) in [6.45, 7) is 2.46.